The van der Waals surface area contributed by atoms with E-state index in [0.717, 1.165) is 70.8 Å². The fourth-order valence-corrected chi connectivity index (χ4v) is 11.6. The van der Waals surface area contributed by atoms with E-state index in [-0.39, 0.29) is 63.9 Å². The van der Waals surface area contributed by atoms with Crippen molar-refractivity contribution in [2.45, 2.75) is 168 Å². The Kier molecular flexibility index (Phi) is 10.3. The number of nitrogens with two attached hydrogens (primary N) is 1. The molecular formula is C42H68N6O4. The molecule has 7 atom stereocenters. The summed E-state index contributed by atoms with van der Waals surface area (Å²) < 4.78 is 0. The van der Waals surface area contributed by atoms with E-state index >= 15 is 4.79 Å². The minimum Gasteiger partial charge on any atom is -0.375 e. The van der Waals surface area contributed by atoms with Crippen LogP contribution in [-0.2, 0) is 19.2 Å². The number of nitrogens with zero attached hydrogens (tertiary/aromatic N) is 2. The SMILES string of the molecule is C=C[C@@H]1C[C@]1(NC(=O)[C@@H]1C[C@@]2(CN1C(=O)[C@@H](NC(=C)C(NC(=O)[C@@H]1CCCCN1C(C)C)C1CCCCC1)C(C)(C)C)C(C)(C)C21CCC1)C(N)=O. The van der Waals surface area contributed by atoms with Crippen LogP contribution in [0.5, 0.6) is 0 Å². The molecule has 6 aliphatic rings. The van der Waals surface area contributed by atoms with Crippen molar-refractivity contribution >= 4 is 23.6 Å². The quantitative estimate of drug-likeness (QED) is 0.205. The molecule has 4 saturated carbocycles. The van der Waals surface area contributed by atoms with Crippen LogP contribution in [0.1, 0.15) is 132 Å². The third kappa shape index (κ3) is 6.20. The molecule has 4 aliphatic carbocycles. The van der Waals surface area contributed by atoms with Gasteiger partial charge in [0.2, 0.25) is 23.6 Å². The molecule has 1 unspecified atom stereocenters. The van der Waals surface area contributed by atoms with Crippen molar-refractivity contribution in [2.75, 3.05) is 13.1 Å². The maximum Gasteiger partial charge on any atom is 0.246 e. The number of piperidine rings is 1. The topological polar surface area (TPSA) is 137 Å². The molecule has 0 bridgehead atoms. The van der Waals surface area contributed by atoms with E-state index in [0.29, 0.717) is 25.1 Å². The second kappa shape index (κ2) is 13.8. The van der Waals surface area contributed by atoms with Gasteiger partial charge in [-0.3, -0.25) is 24.1 Å². The Morgan fingerprint density at radius 3 is 2.04 bits per heavy atom. The summed E-state index contributed by atoms with van der Waals surface area (Å²) in [5.41, 5.74) is 4.75. The first-order chi connectivity index (χ1) is 24.4. The van der Waals surface area contributed by atoms with E-state index in [4.69, 9.17) is 5.73 Å². The molecule has 2 saturated heterocycles. The monoisotopic (exact) mass is 721 g/mol. The second-order valence-electron chi connectivity index (χ2n) is 19.4. The number of nitrogens with one attached hydrogen (secondary N) is 3. The van der Waals surface area contributed by atoms with Gasteiger partial charge >= 0.3 is 0 Å². The van der Waals surface area contributed by atoms with Crippen LogP contribution in [0.25, 0.3) is 0 Å². The molecule has 52 heavy (non-hydrogen) atoms. The van der Waals surface area contributed by atoms with Crippen molar-refractivity contribution in [3.8, 4) is 0 Å². The van der Waals surface area contributed by atoms with Crippen LogP contribution in [0.2, 0.25) is 0 Å². The summed E-state index contributed by atoms with van der Waals surface area (Å²) in [5.74, 6) is -0.962. The fourth-order valence-electron chi connectivity index (χ4n) is 11.6. The highest BCUT2D eigenvalue weighted by Gasteiger charge is 2.85. The third-order valence-electron chi connectivity index (χ3n) is 15.2. The normalized spacial score (nSPS) is 33.5. The Morgan fingerprint density at radius 1 is 0.865 bits per heavy atom. The lowest BCUT2D eigenvalue weighted by molar-refractivity contribution is -0.142. The molecule has 10 nitrogen and oxygen atoms in total. The number of primary amides is 1. The Balaban J connectivity index is 1.27. The average molecular weight is 721 g/mol. The highest BCUT2D eigenvalue weighted by atomic mass is 16.2. The largest absolute Gasteiger partial charge is 0.375 e. The lowest BCUT2D eigenvalue weighted by Gasteiger charge is -2.41. The van der Waals surface area contributed by atoms with Crippen LogP contribution in [0.3, 0.4) is 0 Å². The summed E-state index contributed by atoms with van der Waals surface area (Å²) in [6.45, 7) is 24.9. The number of carbonyl (C=O) groups is 4. The third-order valence-corrected chi connectivity index (χ3v) is 15.2. The number of carbonyl (C=O) groups excluding carboxylic acids is 4. The smallest absolute Gasteiger partial charge is 0.246 e. The zero-order chi connectivity index (χ0) is 38.0. The maximum absolute atomic E-state index is 15.1. The van der Waals surface area contributed by atoms with Crippen LogP contribution in [0, 0.1) is 33.5 Å². The van der Waals surface area contributed by atoms with E-state index in [2.05, 4.69) is 61.7 Å². The van der Waals surface area contributed by atoms with Crippen LogP contribution in [0.4, 0.5) is 0 Å². The lowest BCUT2D eigenvalue weighted by atomic mass is 9.73. The number of fused-ring (bicyclic) bond motifs is 1. The second-order valence-corrected chi connectivity index (χ2v) is 19.4. The number of amides is 4. The van der Waals surface area contributed by atoms with Gasteiger partial charge in [0, 0.05) is 29.6 Å². The molecule has 0 aromatic heterocycles. The number of likely N-dealkylation sites (tertiary alicyclic amines) is 2. The summed E-state index contributed by atoms with van der Waals surface area (Å²) in [5, 5.41) is 10.1. The first-order valence-electron chi connectivity index (χ1n) is 20.4. The van der Waals surface area contributed by atoms with Crippen LogP contribution >= 0.6 is 0 Å². The zero-order valence-electron chi connectivity index (χ0n) is 33.2. The van der Waals surface area contributed by atoms with Gasteiger partial charge in [-0.05, 0) is 93.9 Å². The van der Waals surface area contributed by atoms with Gasteiger partial charge in [0.1, 0.15) is 17.6 Å². The van der Waals surface area contributed by atoms with Gasteiger partial charge in [-0.15, -0.1) is 6.58 Å². The number of hydrogen-bond donors (Lipinski definition) is 4. The van der Waals surface area contributed by atoms with Gasteiger partial charge in [-0.2, -0.15) is 0 Å². The van der Waals surface area contributed by atoms with Gasteiger partial charge in [0.15, 0.2) is 0 Å². The average Bonchev–Trinajstić information content (AvgIpc) is 3.80. The van der Waals surface area contributed by atoms with Crippen LogP contribution < -0.4 is 21.7 Å². The molecular weight excluding hydrogens is 653 g/mol. The fraction of sp³-hybridized carbons (Fsp3) is 0.810. The molecule has 2 spiro atoms. The summed E-state index contributed by atoms with van der Waals surface area (Å²) >= 11 is 0. The standard InChI is InChI=1S/C42H68N6O4/c1-10-29-23-42(29,37(43)52)46-35(50)31-24-41(39(8,9)40(41)20-16-21-40)25-48(31)36(51)33(38(5,6)7)44-27(4)32(28-17-12-11-13-18-28)45-34(49)30-19-14-15-22-47(30)26(2)3/h10,26,28-33,44H,1,4,11-25H2,2-3,5-9H3,(H2,43,52)(H,45,49)(H,46,50)/t29-,30+,31+,32?,33-,41-,42-/m1/s1. The van der Waals surface area contributed by atoms with E-state index < -0.39 is 28.9 Å². The summed E-state index contributed by atoms with van der Waals surface area (Å²) in [4.78, 5) is 60.3. The molecule has 6 rings (SSSR count). The van der Waals surface area contributed by atoms with Crippen molar-refractivity contribution in [1.82, 2.24) is 25.8 Å². The van der Waals surface area contributed by atoms with Crippen molar-refractivity contribution in [3.63, 3.8) is 0 Å². The summed E-state index contributed by atoms with van der Waals surface area (Å²) in [6.07, 6.45) is 14.4. The molecule has 4 amide bonds. The molecule has 0 aromatic rings. The minimum absolute atomic E-state index is 0.00990. The highest BCUT2D eigenvalue weighted by Crippen LogP contribution is 2.88. The van der Waals surface area contributed by atoms with Crippen molar-refractivity contribution in [1.29, 1.82) is 0 Å². The first-order valence-corrected chi connectivity index (χ1v) is 20.4. The maximum atomic E-state index is 15.1. The Morgan fingerprint density at radius 2 is 1.52 bits per heavy atom. The molecule has 10 heteroatoms. The van der Waals surface area contributed by atoms with E-state index in [9.17, 15) is 14.4 Å². The minimum atomic E-state index is -1.15. The van der Waals surface area contributed by atoms with Gasteiger partial charge in [-0.1, -0.05) is 79.4 Å². The molecule has 2 aliphatic heterocycles. The van der Waals surface area contributed by atoms with Crippen LogP contribution in [-0.4, -0.2) is 82.3 Å². The number of hydrogen-bond acceptors (Lipinski definition) is 6. The first kappa shape index (κ1) is 38.8. The Hall–Kier alpha value is -2.88. The van der Waals surface area contributed by atoms with Crippen LogP contribution in [0.15, 0.2) is 24.9 Å². The van der Waals surface area contributed by atoms with Crippen molar-refractivity contribution < 1.29 is 19.2 Å². The molecule has 0 radical (unpaired) electrons. The lowest BCUT2D eigenvalue weighted by Crippen LogP contribution is -2.60. The van der Waals surface area contributed by atoms with Gasteiger partial charge in [0.25, 0.3) is 0 Å². The van der Waals surface area contributed by atoms with Crippen molar-refractivity contribution in [3.05, 3.63) is 24.9 Å². The Labute approximate surface area is 312 Å². The summed E-state index contributed by atoms with van der Waals surface area (Å²) in [6, 6.07) is -1.63. The molecule has 6 fully saturated rings. The van der Waals surface area contributed by atoms with E-state index in [1.54, 1.807) is 6.08 Å². The highest BCUT2D eigenvalue weighted by molar-refractivity contribution is 5.97. The zero-order valence-corrected chi connectivity index (χ0v) is 33.2. The van der Waals surface area contributed by atoms with Gasteiger partial charge < -0.3 is 26.6 Å². The number of rotatable bonds is 12. The van der Waals surface area contributed by atoms with Gasteiger partial charge in [-0.25, -0.2) is 0 Å². The van der Waals surface area contributed by atoms with E-state index in [1.165, 1.54) is 6.42 Å². The van der Waals surface area contributed by atoms with Crippen molar-refractivity contribution in [2.24, 2.45) is 39.2 Å². The predicted molar refractivity (Wildman–Crippen MR) is 204 cm³/mol. The van der Waals surface area contributed by atoms with Gasteiger partial charge in [0.05, 0.1) is 12.1 Å². The molecule has 5 N–H and O–H groups in total. The predicted octanol–water partition coefficient (Wildman–Crippen LogP) is 5.18. The van der Waals surface area contributed by atoms with E-state index in [1.807, 2.05) is 25.7 Å². The molecule has 290 valence electrons. The molecule has 0 aromatic carbocycles. The Bertz CT molecular complexity index is 1460. The molecule has 2 heterocycles. The summed E-state index contributed by atoms with van der Waals surface area (Å²) in [7, 11) is 0.